The molecule has 0 aromatic heterocycles. The summed E-state index contributed by atoms with van der Waals surface area (Å²) in [6.45, 7) is 0. The highest BCUT2D eigenvalue weighted by molar-refractivity contribution is 7.80. The summed E-state index contributed by atoms with van der Waals surface area (Å²) in [6, 6.07) is 28.2. The maximum absolute atomic E-state index is 11.2. The van der Waals surface area contributed by atoms with Crippen molar-refractivity contribution in [1.82, 2.24) is 0 Å². The van der Waals surface area contributed by atoms with E-state index >= 15 is 0 Å². The Morgan fingerprint density at radius 2 is 1.10 bits per heavy atom. The van der Waals surface area contributed by atoms with Crippen LogP contribution >= 0.6 is 7.92 Å². The molecule has 0 unspecified atom stereocenters. The summed E-state index contributed by atoms with van der Waals surface area (Å²) in [5.41, 5.74) is 0.524. The zero-order chi connectivity index (χ0) is 14.5. The van der Waals surface area contributed by atoms with Gasteiger partial charge in [-0.3, -0.25) is 0 Å². The lowest BCUT2D eigenvalue weighted by atomic mass is 10.3. The lowest BCUT2D eigenvalue weighted by molar-refractivity contribution is 1.53. The van der Waals surface area contributed by atoms with Crippen LogP contribution in [0.2, 0.25) is 0 Å². The zero-order valence-electron chi connectivity index (χ0n) is 11.4. The molecule has 3 heteroatoms. The maximum Gasteiger partial charge on any atom is 0.116 e. The van der Waals surface area contributed by atoms with Gasteiger partial charge in [0.1, 0.15) is 5.69 Å². The SMILES string of the molecule is O=Nc1ccccc1P(c1ccccc1)c1ccccc1. The monoisotopic (exact) mass is 291 g/mol. The number of hydrogen-bond acceptors (Lipinski definition) is 2. The van der Waals surface area contributed by atoms with Crippen molar-refractivity contribution in [2.24, 2.45) is 5.18 Å². The molecule has 2 nitrogen and oxygen atoms in total. The van der Waals surface area contributed by atoms with E-state index in [1.807, 2.05) is 54.6 Å². The second-order valence-corrected chi connectivity index (χ2v) is 6.77. The summed E-state index contributed by atoms with van der Waals surface area (Å²) in [6.07, 6.45) is 0. The molecule has 0 N–H and O–H groups in total. The first-order valence-electron chi connectivity index (χ1n) is 6.73. The molecule has 0 saturated carbocycles. The van der Waals surface area contributed by atoms with Crippen molar-refractivity contribution in [3.8, 4) is 0 Å². The highest BCUT2D eigenvalue weighted by atomic mass is 31.1. The number of hydrogen-bond donors (Lipinski definition) is 0. The van der Waals surface area contributed by atoms with Crippen molar-refractivity contribution in [2.45, 2.75) is 0 Å². The number of rotatable bonds is 4. The first-order valence-corrected chi connectivity index (χ1v) is 8.07. The van der Waals surface area contributed by atoms with Crippen molar-refractivity contribution >= 4 is 29.5 Å². The normalized spacial score (nSPS) is 10.5. The minimum Gasteiger partial charge on any atom is -0.145 e. The third-order valence-corrected chi connectivity index (χ3v) is 5.74. The van der Waals surface area contributed by atoms with Crippen LogP contribution in [-0.2, 0) is 0 Å². The van der Waals surface area contributed by atoms with Gasteiger partial charge in [0.15, 0.2) is 0 Å². The van der Waals surface area contributed by atoms with Gasteiger partial charge in [-0.2, -0.15) is 0 Å². The molecule has 0 fully saturated rings. The smallest absolute Gasteiger partial charge is 0.116 e. The Balaban J connectivity index is 2.20. The molecule has 0 radical (unpaired) electrons. The van der Waals surface area contributed by atoms with Gasteiger partial charge in [-0.25, -0.2) is 0 Å². The van der Waals surface area contributed by atoms with Crippen LogP contribution in [0.15, 0.2) is 90.1 Å². The predicted molar refractivity (Wildman–Crippen MR) is 90.6 cm³/mol. The highest BCUT2D eigenvalue weighted by Crippen LogP contribution is 2.36. The van der Waals surface area contributed by atoms with Crippen LogP contribution in [-0.4, -0.2) is 0 Å². The van der Waals surface area contributed by atoms with Gasteiger partial charge in [-0.15, -0.1) is 4.91 Å². The fraction of sp³-hybridized carbons (Fsp3) is 0. The first kappa shape index (κ1) is 13.7. The Labute approximate surface area is 125 Å². The fourth-order valence-electron chi connectivity index (χ4n) is 2.31. The van der Waals surface area contributed by atoms with Crippen molar-refractivity contribution < 1.29 is 0 Å². The minimum absolute atomic E-state index is 0.524. The quantitative estimate of drug-likeness (QED) is 0.530. The van der Waals surface area contributed by atoms with Crippen LogP contribution in [0.4, 0.5) is 5.69 Å². The second kappa shape index (κ2) is 6.43. The number of nitroso groups, excluding NO2 is 1. The Kier molecular flexibility index (Phi) is 4.18. The highest BCUT2D eigenvalue weighted by Gasteiger charge is 2.19. The topological polar surface area (TPSA) is 29.4 Å². The van der Waals surface area contributed by atoms with Crippen LogP contribution in [0.25, 0.3) is 0 Å². The summed E-state index contributed by atoms with van der Waals surface area (Å²) in [5.74, 6) is 0. The van der Waals surface area contributed by atoms with E-state index in [4.69, 9.17) is 0 Å². The summed E-state index contributed by atoms with van der Waals surface area (Å²) in [7, 11) is -0.766. The van der Waals surface area contributed by atoms with E-state index in [-0.39, 0.29) is 0 Å². The second-order valence-electron chi connectivity index (χ2n) is 4.59. The van der Waals surface area contributed by atoms with Crippen LogP contribution in [0.1, 0.15) is 0 Å². The largest absolute Gasteiger partial charge is 0.145 e. The molecular weight excluding hydrogens is 277 g/mol. The number of nitrogens with zero attached hydrogens (tertiary/aromatic N) is 1. The molecule has 0 heterocycles. The van der Waals surface area contributed by atoms with Crippen LogP contribution in [0.5, 0.6) is 0 Å². The molecule has 3 rings (SSSR count). The molecule has 0 amide bonds. The molecule has 21 heavy (non-hydrogen) atoms. The van der Waals surface area contributed by atoms with Crippen LogP contribution < -0.4 is 15.9 Å². The average molecular weight is 291 g/mol. The summed E-state index contributed by atoms with van der Waals surface area (Å²) >= 11 is 0. The standard InChI is InChI=1S/C18H14NOP/c20-19-17-13-7-8-14-18(17)21(15-9-3-1-4-10-15)16-11-5-2-6-12-16/h1-14H. The van der Waals surface area contributed by atoms with Crippen molar-refractivity contribution in [1.29, 1.82) is 0 Å². The van der Waals surface area contributed by atoms with Gasteiger partial charge >= 0.3 is 0 Å². The van der Waals surface area contributed by atoms with E-state index in [1.165, 1.54) is 10.6 Å². The molecule has 3 aromatic carbocycles. The van der Waals surface area contributed by atoms with E-state index in [2.05, 4.69) is 29.4 Å². The molecule has 102 valence electrons. The predicted octanol–water partition coefficient (Wildman–Crippen LogP) is 3.84. The molecule has 3 aromatic rings. The van der Waals surface area contributed by atoms with Gasteiger partial charge in [-0.1, -0.05) is 78.9 Å². The Bertz CT molecular complexity index is 689. The molecule has 0 aliphatic rings. The Morgan fingerprint density at radius 1 is 0.619 bits per heavy atom. The number of benzene rings is 3. The third kappa shape index (κ3) is 2.91. The molecule has 0 atom stereocenters. The van der Waals surface area contributed by atoms with Crippen molar-refractivity contribution in [3.63, 3.8) is 0 Å². The summed E-state index contributed by atoms with van der Waals surface area (Å²) in [5, 5.41) is 6.64. The lowest BCUT2D eigenvalue weighted by Crippen LogP contribution is -2.20. The van der Waals surface area contributed by atoms with E-state index in [1.54, 1.807) is 6.07 Å². The Morgan fingerprint density at radius 3 is 1.62 bits per heavy atom. The zero-order valence-corrected chi connectivity index (χ0v) is 12.3. The molecule has 0 aliphatic heterocycles. The third-order valence-electron chi connectivity index (χ3n) is 3.25. The molecule has 0 aliphatic carbocycles. The summed E-state index contributed by atoms with van der Waals surface area (Å²) in [4.78, 5) is 11.2. The van der Waals surface area contributed by atoms with Crippen LogP contribution in [0, 0.1) is 4.91 Å². The molecule has 0 spiro atoms. The molecular formula is C18H14NOP. The van der Waals surface area contributed by atoms with Crippen molar-refractivity contribution in [2.75, 3.05) is 0 Å². The minimum atomic E-state index is -0.766. The van der Waals surface area contributed by atoms with Gasteiger partial charge in [0.05, 0.1) is 0 Å². The molecule has 0 bridgehead atoms. The van der Waals surface area contributed by atoms with Crippen LogP contribution in [0.3, 0.4) is 0 Å². The van der Waals surface area contributed by atoms with Crippen molar-refractivity contribution in [3.05, 3.63) is 89.8 Å². The fourth-order valence-corrected chi connectivity index (χ4v) is 4.69. The molecule has 0 saturated heterocycles. The lowest BCUT2D eigenvalue weighted by Gasteiger charge is -2.19. The van der Waals surface area contributed by atoms with Gasteiger partial charge in [-0.05, 0) is 29.8 Å². The van der Waals surface area contributed by atoms with E-state index in [0.717, 1.165) is 5.30 Å². The van der Waals surface area contributed by atoms with Gasteiger partial charge in [0.25, 0.3) is 0 Å². The Hall–Kier alpha value is -2.31. The maximum atomic E-state index is 11.2. The van der Waals surface area contributed by atoms with E-state index in [9.17, 15) is 4.91 Å². The van der Waals surface area contributed by atoms with E-state index in [0.29, 0.717) is 5.69 Å². The van der Waals surface area contributed by atoms with E-state index < -0.39 is 7.92 Å². The van der Waals surface area contributed by atoms with Gasteiger partial charge < -0.3 is 0 Å². The van der Waals surface area contributed by atoms with Gasteiger partial charge in [0.2, 0.25) is 0 Å². The average Bonchev–Trinajstić information content (AvgIpc) is 2.58. The first-order chi connectivity index (χ1) is 10.4. The summed E-state index contributed by atoms with van der Waals surface area (Å²) < 4.78 is 0. The van der Waals surface area contributed by atoms with Gasteiger partial charge in [0, 0.05) is 5.30 Å².